The van der Waals surface area contributed by atoms with Gasteiger partial charge in [0.15, 0.2) is 11.7 Å². The zero-order valence-electron chi connectivity index (χ0n) is 15.2. The molecule has 6 atom stereocenters. The van der Waals surface area contributed by atoms with Crippen LogP contribution >= 0.6 is 23.5 Å². The molecule has 19 nitrogen and oxygen atoms in total. The van der Waals surface area contributed by atoms with E-state index in [9.17, 15) is 38.4 Å². The van der Waals surface area contributed by atoms with Crippen molar-refractivity contribution in [1.29, 1.82) is 0 Å². The molecule has 3 rings (SSSR count). The van der Waals surface area contributed by atoms with Crippen molar-refractivity contribution in [3.05, 3.63) is 27.2 Å². The summed E-state index contributed by atoms with van der Waals surface area (Å²) in [6, 6.07) is 0. The first-order valence-corrected chi connectivity index (χ1v) is 12.6. The number of H-pyrrole nitrogens is 2. The molecule has 1 saturated heterocycles. The van der Waals surface area contributed by atoms with Crippen molar-refractivity contribution in [3.63, 3.8) is 0 Å². The van der Waals surface area contributed by atoms with Crippen molar-refractivity contribution in [2.75, 3.05) is 6.61 Å². The molecule has 0 aromatic carbocycles. The van der Waals surface area contributed by atoms with Gasteiger partial charge in [-0.1, -0.05) is 0 Å². The number of hydrogen-bond acceptors (Lipinski definition) is 12. The molecule has 0 saturated carbocycles. The Hall–Kier alpha value is -1.56. The van der Waals surface area contributed by atoms with Crippen LogP contribution in [-0.2, 0) is 31.6 Å². The summed E-state index contributed by atoms with van der Waals surface area (Å²) < 4.78 is 51.4. The first-order chi connectivity index (χ1) is 14.6. The van der Waals surface area contributed by atoms with Crippen LogP contribution in [0, 0.1) is 0 Å². The van der Waals surface area contributed by atoms with Crippen molar-refractivity contribution in [2.24, 2.45) is 0 Å². The summed E-state index contributed by atoms with van der Waals surface area (Å²) in [5.41, 5.74) is -2.16. The summed E-state index contributed by atoms with van der Waals surface area (Å²) in [5.74, 6) is 0. The Labute approximate surface area is 174 Å². The number of fused-ring (bicyclic) bond motifs is 1. The Morgan fingerprint density at radius 2 is 1.69 bits per heavy atom. The molecule has 0 aliphatic carbocycles. The summed E-state index contributed by atoms with van der Waals surface area (Å²) in [6.07, 6.45) is -5.54. The van der Waals surface area contributed by atoms with Crippen LogP contribution in [-0.4, -0.2) is 74.2 Å². The SMILES string of the molecule is O=c1[nH]c(=O)c2ncn(C3O[C@H](COP(=O)(O)OP(=O)(O)OP(=O)(O)O)[C@@H](O)[C@H]3O)c2[nH]1. The van der Waals surface area contributed by atoms with Crippen molar-refractivity contribution < 1.29 is 61.4 Å². The van der Waals surface area contributed by atoms with E-state index in [-0.39, 0.29) is 11.2 Å². The van der Waals surface area contributed by atoms with E-state index in [1.165, 1.54) is 0 Å². The summed E-state index contributed by atoms with van der Waals surface area (Å²) in [7, 11) is -16.8. The number of hydrogen-bond donors (Lipinski definition) is 8. The van der Waals surface area contributed by atoms with E-state index >= 15 is 0 Å². The number of nitrogens with zero attached hydrogens (tertiary/aromatic N) is 2. The topological polar surface area (TPSA) is 293 Å². The molecule has 2 aromatic rings. The number of imidazole rings is 1. The monoisotopic (exact) mass is 524 g/mol. The number of aromatic nitrogens is 4. The van der Waals surface area contributed by atoms with Gasteiger partial charge in [0.05, 0.1) is 12.9 Å². The van der Waals surface area contributed by atoms with Gasteiger partial charge in [-0.2, -0.15) is 8.62 Å². The molecule has 32 heavy (non-hydrogen) atoms. The average Bonchev–Trinajstić information content (AvgIpc) is 3.12. The number of aliphatic hydroxyl groups excluding tert-OH is 2. The smallest absolute Gasteiger partial charge is 0.387 e. The molecule has 180 valence electrons. The maximum Gasteiger partial charge on any atom is 0.490 e. The lowest BCUT2D eigenvalue weighted by Gasteiger charge is -2.19. The Morgan fingerprint density at radius 1 is 1.03 bits per heavy atom. The quantitative estimate of drug-likeness (QED) is 0.164. The van der Waals surface area contributed by atoms with Crippen LogP contribution in [0.1, 0.15) is 6.23 Å². The standard InChI is InChI=1S/C10H15N4O15P3/c15-5-3(1-26-31(22,23)29-32(24,25)28-30(19,20)21)27-9(6(5)16)14-2-11-4-7(14)12-10(18)13-8(4)17/h2-3,5-6,9,15-16H,1H2,(H,22,23)(H,24,25)(H2,19,20,21)(H2,12,13,17,18)/t3-,5-,6-,9?/m1/s1. The van der Waals surface area contributed by atoms with E-state index < -0.39 is 65.9 Å². The molecule has 2 aromatic heterocycles. The van der Waals surface area contributed by atoms with Gasteiger partial charge in [-0.25, -0.2) is 23.5 Å². The Bertz CT molecular complexity index is 1260. The molecule has 8 N–H and O–H groups in total. The molecule has 0 radical (unpaired) electrons. The van der Waals surface area contributed by atoms with E-state index in [0.29, 0.717) is 0 Å². The van der Waals surface area contributed by atoms with Crippen LogP contribution in [0.5, 0.6) is 0 Å². The molecule has 22 heteroatoms. The second-order valence-corrected chi connectivity index (χ2v) is 10.6. The van der Waals surface area contributed by atoms with Gasteiger partial charge in [0, 0.05) is 0 Å². The molecule has 0 bridgehead atoms. The molecular formula is C10H15N4O15P3. The lowest BCUT2D eigenvalue weighted by atomic mass is 10.1. The molecule has 3 unspecified atom stereocenters. The minimum atomic E-state index is -5.75. The third kappa shape index (κ3) is 5.67. The first kappa shape index (κ1) is 25.1. The molecule has 1 aliphatic heterocycles. The molecule has 0 spiro atoms. The molecule has 0 amide bonds. The predicted octanol–water partition coefficient (Wildman–Crippen LogP) is -2.62. The van der Waals surface area contributed by atoms with Crippen molar-refractivity contribution >= 4 is 34.6 Å². The van der Waals surface area contributed by atoms with Crippen LogP contribution in [0.3, 0.4) is 0 Å². The fourth-order valence-corrected chi connectivity index (χ4v) is 5.74. The number of rotatable bonds is 8. The number of ether oxygens (including phenoxy) is 1. The predicted molar refractivity (Wildman–Crippen MR) is 96.7 cm³/mol. The fraction of sp³-hybridized carbons (Fsp3) is 0.500. The molecule has 1 fully saturated rings. The largest absolute Gasteiger partial charge is 0.490 e. The van der Waals surface area contributed by atoms with Crippen molar-refractivity contribution in [3.8, 4) is 0 Å². The van der Waals surface area contributed by atoms with E-state index in [1.807, 2.05) is 4.98 Å². The zero-order valence-corrected chi connectivity index (χ0v) is 17.9. The number of aliphatic hydroxyl groups is 2. The van der Waals surface area contributed by atoms with Gasteiger partial charge in [-0.05, 0) is 0 Å². The maximum absolute atomic E-state index is 11.8. The second-order valence-electron chi connectivity index (χ2n) is 6.19. The first-order valence-electron chi connectivity index (χ1n) is 8.08. The normalized spacial score (nSPS) is 27.9. The fourth-order valence-electron chi connectivity index (χ4n) is 2.71. The second kappa shape index (κ2) is 8.66. The highest BCUT2D eigenvalue weighted by Crippen LogP contribution is 2.66. The Morgan fingerprint density at radius 3 is 2.31 bits per heavy atom. The van der Waals surface area contributed by atoms with E-state index in [0.717, 1.165) is 10.9 Å². The molecule has 3 heterocycles. The van der Waals surface area contributed by atoms with Gasteiger partial charge in [0.25, 0.3) is 5.56 Å². The molecular weight excluding hydrogens is 509 g/mol. The summed E-state index contributed by atoms with van der Waals surface area (Å²) in [5, 5.41) is 20.3. The van der Waals surface area contributed by atoms with E-state index in [4.69, 9.17) is 19.4 Å². The zero-order chi connectivity index (χ0) is 24.1. The van der Waals surface area contributed by atoms with Gasteiger partial charge in [0.2, 0.25) is 0 Å². The third-order valence-electron chi connectivity index (χ3n) is 3.90. The summed E-state index contributed by atoms with van der Waals surface area (Å²) in [6.45, 7) is -1.04. The maximum atomic E-state index is 11.8. The number of aromatic amines is 2. The average molecular weight is 524 g/mol. The Kier molecular flexibility index (Phi) is 6.78. The Balaban J connectivity index is 1.73. The highest BCUT2D eigenvalue weighted by molar-refractivity contribution is 7.66. The van der Waals surface area contributed by atoms with Crippen LogP contribution < -0.4 is 11.2 Å². The minimum Gasteiger partial charge on any atom is -0.387 e. The van der Waals surface area contributed by atoms with Crippen molar-refractivity contribution in [1.82, 2.24) is 19.5 Å². The summed E-state index contributed by atoms with van der Waals surface area (Å²) >= 11 is 0. The van der Waals surface area contributed by atoms with Gasteiger partial charge in [-0.15, -0.1) is 0 Å². The van der Waals surface area contributed by atoms with Gasteiger partial charge in [-0.3, -0.25) is 23.9 Å². The van der Waals surface area contributed by atoms with Gasteiger partial charge >= 0.3 is 29.2 Å². The summed E-state index contributed by atoms with van der Waals surface area (Å²) in [4.78, 5) is 66.7. The van der Waals surface area contributed by atoms with E-state index in [2.05, 4.69) is 23.1 Å². The number of phosphoric ester groups is 1. The molecule has 1 aliphatic rings. The van der Waals surface area contributed by atoms with E-state index in [1.54, 1.807) is 0 Å². The van der Waals surface area contributed by atoms with Gasteiger partial charge in [0.1, 0.15) is 24.0 Å². The van der Waals surface area contributed by atoms with Crippen LogP contribution in [0.2, 0.25) is 0 Å². The lowest BCUT2D eigenvalue weighted by Crippen LogP contribution is -2.33. The van der Waals surface area contributed by atoms with Crippen LogP contribution in [0.25, 0.3) is 11.2 Å². The lowest BCUT2D eigenvalue weighted by molar-refractivity contribution is -0.0503. The van der Waals surface area contributed by atoms with Crippen LogP contribution in [0.4, 0.5) is 0 Å². The highest BCUT2D eigenvalue weighted by atomic mass is 31.3. The minimum absolute atomic E-state index is 0.177. The van der Waals surface area contributed by atoms with Gasteiger partial charge < -0.3 is 34.5 Å². The van der Waals surface area contributed by atoms with Crippen LogP contribution in [0.15, 0.2) is 15.9 Å². The number of phosphoric acid groups is 3. The van der Waals surface area contributed by atoms with Crippen molar-refractivity contribution in [2.45, 2.75) is 24.5 Å². The third-order valence-corrected chi connectivity index (χ3v) is 7.70. The number of nitrogens with one attached hydrogen (secondary N) is 2. The highest BCUT2D eigenvalue weighted by Gasteiger charge is 2.46.